The summed E-state index contributed by atoms with van der Waals surface area (Å²) in [6.07, 6.45) is 5.12. The molecule has 0 saturated heterocycles. The van der Waals surface area contributed by atoms with Crippen LogP contribution in [0.1, 0.15) is 5.56 Å². The molecule has 17 heavy (non-hydrogen) atoms. The lowest BCUT2D eigenvalue weighted by Gasteiger charge is -2.14. The zero-order valence-corrected chi connectivity index (χ0v) is 10.8. The van der Waals surface area contributed by atoms with Gasteiger partial charge in [0.2, 0.25) is 10.0 Å². The van der Waals surface area contributed by atoms with Gasteiger partial charge in [0.25, 0.3) is 0 Å². The minimum absolute atomic E-state index is 0.0680. The molecule has 0 fully saturated rings. The van der Waals surface area contributed by atoms with Crippen molar-refractivity contribution in [3.8, 4) is 12.3 Å². The first-order valence-corrected chi connectivity index (χ1v) is 6.59. The lowest BCUT2D eigenvalue weighted by Crippen LogP contribution is -2.27. The van der Waals surface area contributed by atoms with Crippen LogP contribution in [0.2, 0.25) is 0 Å². The van der Waals surface area contributed by atoms with Crippen LogP contribution in [0.15, 0.2) is 29.2 Å². The molecule has 0 aliphatic rings. The highest BCUT2D eigenvalue weighted by Crippen LogP contribution is 2.15. The Morgan fingerprint density at radius 1 is 1.47 bits per heavy atom. The Hall–Kier alpha value is -1.35. The Labute approximate surface area is 103 Å². The number of hydrogen-bond donors (Lipinski definition) is 1. The zero-order chi connectivity index (χ0) is 12.9. The highest BCUT2D eigenvalue weighted by Gasteiger charge is 2.19. The van der Waals surface area contributed by atoms with E-state index in [1.165, 1.54) is 7.05 Å². The van der Waals surface area contributed by atoms with Crippen molar-refractivity contribution < 1.29 is 8.42 Å². The van der Waals surface area contributed by atoms with E-state index in [9.17, 15) is 8.42 Å². The van der Waals surface area contributed by atoms with Gasteiger partial charge in [0.1, 0.15) is 0 Å². The van der Waals surface area contributed by atoms with Crippen molar-refractivity contribution >= 4 is 10.0 Å². The fourth-order valence-electron chi connectivity index (χ4n) is 1.41. The van der Waals surface area contributed by atoms with Gasteiger partial charge in [-0.25, -0.2) is 8.42 Å². The number of terminal acetylenes is 1. The first-order valence-electron chi connectivity index (χ1n) is 5.15. The molecular formula is C12H16N2O2S. The van der Waals surface area contributed by atoms with E-state index < -0.39 is 10.0 Å². The van der Waals surface area contributed by atoms with Crippen molar-refractivity contribution in [3.05, 3.63) is 29.8 Å². The summed E-state index contributed by atoms with van der Waals surface area (Å²) in [5, 5.41) is 2.98. The largest absolute Gasteiger partial charge is 0.316 e. The molecule has 1 N–H and O–H groups in total. The third-order valence-electron chi connectivity index (χ3n) is 2.30. The van der Waals surface area contributed by atoms with E-state index in [4.69, 9.17) is 6.42 Å². The van der Waals surface area contributed by atoms with Crippen LogP contribution in [0, 0.1) is 12.3 Å². The molecule has 0 saturated carbocycles. The van der Waals surface area contributed by atoms with Crippen LogP contribution in [0.4, 0.5) is 0 Å². The van der Waals surface area contributed by atoms with Gasteiger partial charge in [-0.15, -0.1) is 6.42 Å². The van der Waals surface area contributed by atoms with Crippen LogP contribution in [-0.4, -0.2) is 33.4 Å². The van der Waals surface area contributed by atoms with E-state index in [2.05, 4.69) is 11.2 Å². The quantitative estimate of drug-likeness (QED) is 0.783. The van der Waals surface area contributed by atoms with Crippen LogP contribution in [0.3, 0.4) is 0 Å². The maximum Gasteiger partial charge on any atom is 0.243 e. The number of nitrogens with one attached hydrogen (secondary N) is 1. The van der Waals surface area contributed by atoms with Crippen molar-refractivity contribution in [1.29, 1.82) is 0 Å². The molecule has 1 aromatic rings. The monoisotopic (exact) mass is 252 g/mol. The van der Waals surface area contributed by atoms with Crippen LogP contribution >= 0.6 is 0 Å². The molecule has 0 unspecified atom stereocenters. The second-order valence-electron chi connectivity index (χ2n) is 3.64. The average Bonchev–Trinajstić information content (AvgIpc) is 2.30. The SMILES string of the molecule is C#CCN(C)S(=O)(=O)c1cccc(CNC)c1. The maximum atomic E-state index is 12.1. The third kappa shape index (κ3) is 3.30. The normalized spacial score (nSPS) is 11.4. The number of nitrogens with zero attached hydrogens (tertiary/aromatic N) is 1. The van der Waals surface area contributed by atoms with Gasteiger partial charge in [-0.1, -0.05) is 18.1 Å². The lowest BCUT2D eigenvalue weighted by molar-refractivity contribution is 0.503. The molecule has 92 valence electrons. The molecule has 0 radical (unpaired) electrons. The van der Waals surface area contributed by atoms with Gasteiger partial charge in [0.15, 0.2) is 0 Å². The van der Waals surface area contributed by atoms with E-state index in [1.807, 2.05) is 13.1 Å². The summed E-state index contributed by atoms with van der Waals surface area (Å²) >= 11 is 0. The van der Waals surface area contributed by atoms with Gasteiger partial charge < -0.3 is 5.32 Å². The third-order valence-corrected chi connectivity index (χ3v) is 4.10. The highest BCUT2D eigenvalue weighted by atomic mass is 32.2. The summed E-state index contributed by atoms with van der Waals surface area (Å²) in [6, 6.07) is 6.82. The minimum atomic E-state index is -3.48. The lowest BCUT2D eigenvalue weighted by atomic mass is 10.2. The van der Waals surface area contributed by atoms with Crippen molar-refractivity contribution in [2.24, 2.45) is 0 Å². The molecule has 0 bridgehead atoms. The van der Waals surface area contributed by atoms with Crippen LogP contribution < -0.4 is 5.32 Å². The molecular weight excluding hydrogens is 236 g/mol. The average molecular weight is 252 g/mol. The first kappa shape index (κ1) is 13.7. The second kappa shape index (κ2) is 5.82. The van der Waals surface area contributed by atoms with Gasteiger partial charge in [0.05, 0.1) is 11.4 Å². The molecule has 1 aromatic carbocycles. The summed E-state index contributed by atoms with van der Waals surface area (Å²) in [4.78, 5) is 0.267. The van der Waals surface area contributed by atoms with Gasteiger partial charge >= 0.3 is 0 Å². The molecule has 1 rings (SSSR count). The Balaban J connectivity index is 3.07. The topological polar surface area (TPSA) is 49.4 Å². The number of benzene rings is 1. The summed E-state index contributed by atoms with van der Waals surface area (Å²) in [7, 11) is -0.196. The van der Waals surface area contributed by atoms with E-state index >= 15 is 0 Å². The highest BCUT2D eigenvalue weighted by molar-refractivity contribution is 7.89. The van der Waals surface area contributed by atoms with Gasteiger partial charge in [-0.2, -0.15) is 4.31 Å². The van der Waals surface area contributed by atoms with E-state index in [0.29, 0.717) is 6.54 Å². The van der Waals surface area contributed by atoms with Crippen LogP contribution in [0.5, 0.6) is 0 Å². The van der Waals surface area contributed by atoms with Crippen molar-refractivity contribution in [1.82, 2.24) is 9.62 Å². The molecule has 0 aliphatic heterocycles. The number of sulfonamides is 1. The summed E-state index contributed by atoms with van der Waals surface area (Å²) < 4.78 is 25.3. The number of rotatable bonds is 5. The second-order valence-corrected chi connectivity index (χ2v) is 5.69. The fraction of sp³-hybridized carbons (Fsp3) is 0.333. The molecule has 0 aliphatic carbocycles. The first-order chi connectivity index (χ1) is 8.02. The smallest absolute Gasteiger partial charge is 0.243 e. The van der Waals surface area contributed by atoms with Crippen molar-refractivity contribution in [2.45, 2.75) is 11.4 Å². The maximum absolute atomic E-state index is 12.1. The number of hydrogen-bond acceptors (Lipinski definition) is 3. The molecule has 0 atom stereocenters. The molecule has 0 amide bonds. The van der Waals surface area contributed by atoms with Crippen LogP contribution in [-0.2, 0) is 16.6 Å². The predicted molar refractivity (Wildman–Crippen MR) is 67.9 cm³/mol. The molecule has 0 aromatic heterocycles. The van der Waals surface area contributed by atoms with Gasteiger partial charge in [-0.05, 0) is 24.7 Å². The Morgan fingerprint density at radius 2 is 2.18 bits per heavy atom. The van der Waals surface area contributed by atoms with E-state index in [1.54, 1.807) is 18.2 Å². The van der Waals surface area contributed by atoms with Crippen molar-refractivity contribution in [3.63, 3.8) is 0 Å². The molecule has 4 nitrogen and oxygen atoms in total. The Morgan fingerprint density at radius 3 is 2.76 bits per heavy atom. The molecule has 0 spiro atoms. The summed E-state index contributed by atoms with van der Waals surface area (Å²) in [6.45, 7) is 0.695. The standard InChI is InChI=1S/C12H16N2O2S/c1-4-8-14(3)17(15,16)12-7-5-6-11(9-12)10-13-2/h1,5-7,9,13H,8,10H2,2-3H3. The van der Waals surface area contributed by atoms with Gasteiger partial charge in [0, 0.05) is 13.6 Å². The molecule has 5 heteroatoms. The minimum Gasteiger partial charge on any atom is -0.316 e. The van der Waals surface area contributed by atoms with Crippen molar-refractivity contribution in [2.75, 3.05) is 20.6 Å². The summed E-state index contributed by atoms with van der Waals surface area (Å²) in [5.41, 5.74) is 0.919. The van der Waals surface area contributed by atoms with E-state index in [-0.39, 0.29) is 11.4 Å². The Bertz CT molecular complexity index is 518. The van der Waals surface area contributed by atoms with Gasteiger partial charge in [-0.3, -0.25) is 0 Å². The van der Waals surface area contributed by atoms with Crippen LogP contribution in [0.25, 0.3) is 0 Å². The molecule has 0 heterocycles. The Kier molecular flexibility index (Phi) is 4.70. The zero-order valence-electron chi connectivity index (χ0n) is 9.97. The predicted octanol–water partition coefficient (Wildman–Crippen LogP) is 0.660. The fourth-order valence-corrected chi connectivity index (χ4v) is 2.57. The van der Waals surface area contributed by atoms with E-state index in [0.717, 1.165) is 9.87 Å². The summed E-state index contributed by atoms with van der Waals surface area (Å²) in [5.74, 6) is 2.32.